The number of carbonyl (C=O) groups is 1. The highest BCUT2D eigenvalue weighted by Gasteiger charge is 2.30. The van der Waals surface area contributed by atoms with Crippen molar-refractivity contribution in [3.05, 3.63) is 52.9 Å². The van der Waals surface area contributed by atoms with Gasteiger partial charge in [0.05, 0.1) is 17.7 Å². The zero-order valence-corrected chi connectivity index (χ0v) is 20.3. The van der Waals surface area contributed by atoms with Crippen LogP contribution in [0.15, 0.2) is 41.3 Å². The highest BCUT2D eigenvalue weighted by atomic mass is 79.9. The molecule has 2 atom stereocenters. The maximum atomic E-state index is 14.7. The van der Waals surface area contributed by atoms with Crippen molar-refractivity contribution in [2.75, 3.05) is 20.3 Å². The molecular formula is C24H24BrFN6O2. The molecule has 1 aliphatic rings. The van der Waals surface area contributed by atoms with E-state index in [4.69, 9.17) is 9.72 Å². The van der Waals surface area contributed by atoms with Gasteiger partial charge in [0.15, 0.2) is 11.5 Å². The summed E-state index contributed by atoms with van der Waals surface area (Å²) >= 11 is 3.47. The maximum absolute atomic E-state index is 14.7. The third-order valence-electron chi connectivity index (χ3n) is 6.31. The van der Waals surface area contributed by atoms with E-state index in [1.165, 1.54) is 6.07 Å². The number of halogens is 2. The van der Waals surface area contributed by atoms with E-state index in [2.05, 4.69) is 36.3 Å². The summed E-state index contributed by atoms with van der Waals surface area (Å²) in [5, 5.41) is 8.90. The number of hydrogen-bond acceptors (Lipinski definition) is 6. The van der Waals surface area contributed by atoms with Gasteiger partial charge in [-0.2, -0.15) is 5.10 Å². The summed E-state index contributed by atoms with van der Waals surface area (Å²) in [6, 6.07) is 6.85. The molecule has 0 radical (unpaired) electrons. The molecular weight excluding hydrogens is 503 g/mol. The molecule has 34 heavy (non-hydrogen) atoms. The fourth-order valence-corrected chi connectivity index (χ4v) is 5.05. The number of fused-ring (bicyclic) bond motifs is 2. The Hall–Kier alpha value is -2.98. The second-order valence-corrected chi connectivity index (χ2v) is 9.34. The first-order valence-electron chi connectivity index (χ1n) is 11.2. The summed E-state index contributed by atoms with van der Waals surface area (Å²) in [5.41, 5.74) is 1.48. The third kappa shape index (κ3) is 4.52. The molecule has 1 amide bonds. The largest absolute Gasteiger partial charge is 0.383 e. The number of nitrogens with one attached hydrogen (secondary N) is 1. The van der Waals surface area contributed by atoms with Crippen molar-refractivity contribution in [2.24, 2.45) is 11.8 Å². The van der Waals surface area contributed by atoms with Crippen LogP contribution in [-0.4, -0.2) is 50.9 Å². The van der Waals surface area contributed by atoms with Gasteiger partial charge in [-0.15, -0.1) is 0 Å². The number of amides is 1. The maximum Gasteiger partial charge on any atom is 0.223 e. The summed E-state index contributed by atoms with van der Waals surface area (Å²) in [6.07, 6.45) is 6.62. The minimum atomic E-state index is -0.414. The highest BCUT2D eigenvalue weighted by Crippen LogP contribution is 2.33. The lowest BCUT2D eigenvalue weighted by Gasteiger charge is -2.12. The van der Waals surface area contributed by atoms with Crippen LogP contribution in [0.1, 0.15) is 25.1 Å². The molecule has 5 rings (SSSR count). The van der Waals surface area contributed by atoms with Gasteiger partial charge in [0, 0.05) is 49.8 Å². The van der Waals surface area contributed by atoms with Crippen LogP contribution in [0.3, 0.4) is 0 Å². The number of aromatic nitrogens is 5. The smallest absolute Gasteiger partial charge is 0.223 e. The van der Waals surface area contributed by atoms with Gasteiger partial charge in [0.25, 0.3) is 0 Å². The summed E-state index contributed by atoms with van der Waals surface area (Å²) < 4.78 is 21.9. The molecule has 1 aliphatic carbocycles. The van der Waals surface area contributed by atoms with Gasteiger partial charge < -0.3 is 10.1 Å². The van der Waals surface area contributed by atoms with Crippen molar-refractivity contribution in [1.82, 2.24) is 30.0 Å². The number of nitrogens with zero attached hydrogens (tertiary/aromatic N) is 5. The van der Waals surface area contributed by atoms with E-state index in [0.717, 1.165) is 24.6 Å². The van der Waals surface area contributed by atoms with E-state index in [1.807, 2.05) is 12.1 Å². The monoisotopic (exact) mass is 526 g/mol. The normalized spacial score (nSPS) is 18.1. The van der Waals surface area contributed by atoms with Crippen molar-refractivity contribution in [1.29, 1.82) is 0 Å². The number of hydrogen-bond donors (Lipinski definition) is 1. The van der Waals surface area contributed by atoms with Gasteiger partial charge in [-0.3, -0.25) is 9.78 Å². The number of benzene rings is 1. The number of pyridine rings is 1. The van der Waals surface area contributed by atoms with Crippen LogP contribution in [0, 0.1) is 17.7 Å². The Kier molecular flexibility index (Phi) is 6.51. The molecule has 0 bridgehead atoms. The Morgan fingerprint density at radius 1 is 1.32 bits per heavy atom. The Morgan fingerprint density at radius 2 is 2.21 bits per heavy atom. The Balaban J connectivity index is 1.38. The molecule has 1 saturated carbocycles. The summed E-state index contributed by atoms with van der Waals surface area (Å²) in [4.78, 5) is 25.8. The number of ether oxygens (including phenoxy) is 1. The number of rotatable bonds is 7. The van der Waals surface area contributed by atoms with E-state index >= 15 is 0 Å². The first kappa shape index (κ1) is 22.8. The first-order valence-corrected chi connectivity index (χ1v) is 12.0. The summed E-state index contributed by atoms with van der Waals surface area (Å²) in [7, 11) is 1.62. The zero-order valence-electron chi connectivity index (χ0n) is 18.7. The average Bonchev–Trinajstić information content (AvgIpc) is 3.43. The number of methoxy groups -OCH3 is 1. The molecule has 0 spiro atoms. The molecule has 10 heteroatoms. The van der Waals surface area contributed by atoms with E-state index in [1.54, 1.807) is 30.3 Å². The Labute approximate surface area is 204 Å². The lowest BCUT2D eigenvalue weighted by molar-refractivity contribution is -0.125. The minimum Gasteiger partial charge on any atom is -0.383 e. The van der Waals surface area contributed by atoms with Gasteiger partial charge in [0.1, 0.15) is 15.9 Å². The van der Waals surface area contributed by atoms with Crippen LogP contribution in [0.25, 0.3) is 27.6 Å². The Bertz CT molecular complexity index is 1360. The predicted molar refractivity (Wildman–Crippen MR) is 129 cm³/mol. The van der Waals surface area contributed by atoms with Gasteiger partial charge >= 0.3 is 0 Å². The standard InChI is InChI=1S/C24H24BrFN6O2/c1-34-8-7-28-24(33)16-5-4-14(9-16)10-20-29-13-18-22(25)31-32(23(18)30-20)17-11-15-3-2-6-27-21(15)19(26)12-17/h2-3,6,11-14,16H,4-5,7-10H2,1H3,(H,28,33)/t14-,16-/m1/s1. The van der Waals surface area contributed by atoms with Crippen LogP contribution < -0.4 is 5.32 Å². The van der Waals surface area contributed by atoms with Gasteiger partial charge in [-0.1, -0.05) is 6.07 Å². The molecule has 0 unspecified atom stereocenters. The van der Waals surface area contributed by atoms with Crippen LogP contribution >= 0.6 is 15.9 Å². The third-order valence-corrected chi connectivity index (χ3v) is 6.89. The first-order chi connectivity index (χ1) is 16.5. The molecule has 3 heterocycles. The van der Waals surface area contributed by atoms with Crippen molar-refractivity contribution >= 4 is 43.8 Å². The molecule has 3 aromatic heterocycles. The zero-order chi connectivity index (χ0) is 23.7. The fraction of sp³-hybridized carbons (Fsp3) is 0.375. The van der Waals surface area contributed by atoms with Gasteiger partial charge in [-0.25, -0.2) is 19.0 Å². The lowest BCUT2D eigenvalue weighted by atomic mass is 10.0. The molecule has 0 saturated heterocycles. The van der Waals surface area contributed by atoms with Crippen LogP contribution in [0.2, 0.25) is 0 Å². The molecule has 176 valence electrons. The van der Waals surface area contributed by atoms with E-state index in [0.29, 0.717) is 58.2 Å². The van der Waals surface area contributed by atoms with Gasteiger partial charge in [0.2, 0.25) is 5.91 Å². The van der Waals surface area contributed by atoms with Crippen molar-refractivity contribution in [3.8, 4) is 5.69 Å². The van der Waals surface area contributed by atoms with E-state index in [-0.39, 0.29) is 11.8 Å². The Morgan fingerprint density at radius 3 is 3.06 bits per heavy atom. The molecule has 1 fully saturated rings. The second kappa shape index (κ2) is 9.71. The fourth-order valence-electron chi connectivity index (χ4n) is 4.62. The highest BCUT2D eigenvalue weighted by molar-refractivity contribution is 9.10. The summed E-state index contributed by atoms with van der Waals surface area (Å²) in [5.74, 6) is 0.710. The lowest BCUT2D eigenvalue weighted by Crippen LogP contribution is -2.32. The quantitative estimate of drug-likeness (QED) is 0.366. The SMILES string of the molecule is COCCNC(=O)[C@@H]1CC[C@@H](Cc2ncc3c(Br)nn(-c4cc(F)c5ncccc5c4)c3n2)C1. The summed E-state index contributed by atoms with van der Waals surface area (Å²) in [6.45, 7) is 1.04. The predicted octanol–water partition coefficient (Wildman–Crippen LogP) is 3.99. The molecule has 0 aliphatic heterocycles. The van der Waals surface area contributed by atoms with E-state index in [9.17, 15) is 9.18 Å². The minimum absolute atomic E-state index is 0.0134. The molecule has 8 nitrogen and oxygen atoms in total. The topological polar surface area (TPSA) is 94.8 Å². The van der Waals surface area contributed by atoms with Crippen molar-refractivity contribution in [2.45, 2.75) is 25.7 Å². The molecule has 1 aromatic carbocycles. The molecule has 4 aromatic rings. The van der Waals surface area contributed by atoms with E-state index < -0.39 is 5.82 Å². The molecule has 1 N–H and O–H groups in total. The average molecular weight is 527 g/mol. The van der Waals surface area contributed by atoms with Crippen LogP contribution in [0.5, 0.6) is 0 Å². The van der Waals surface area contributed by atoms with Crippen molar-refractivity contribution in [3.63, 3.8) is 0 Å². The van der Waals surface area contributed by atoms with Crippen LogP contribution in [0.4, 0.5) is 4.39 Å². The van der Waals surface area contributed by atoms with Crippen LogP contribution in [-0.2, 0) is 16.0 Å². The van der Waals surface area contributed by atoms with Crippen molar-refractivity contribution < 1.29 is 13.9 Å². The second-order valence-electron chi connectivity index (χ2n) is 8.59. The number of carbonyl (C=O) groups excluding carboxylic acids is 1. The van der Waals surface area contributed by atoms with Gasteiger partial charge in [-0.05, 0) is 53.2 Å².